The molecule has 0 aliphatic heterocycles. The molecule has 0 amide bonds. The average molecular weight is 419 g/mol. The number of ether oxygens (including phenoxy) is 1. The van der Waals surface area contributed by atoms with Crippen LogP contribution >= 0.6 is 42.5 Å². The van der Waals surface area contributed by atoms with Gasteiger partial charge in [-0.25, -0.2) is 8.42 Å². The van der Waals surface area contributed by atoms with Crippen molar-refractivity contribution < 1.29 is 13.2 Å². The van der Waals surface area contributed by atoms with E-state index < -0.39 is 9.05 Å². The summed E-state index contributed by atoms with van der Waals surface area (Å²) in [4.78, 5) is 0.00425. The maximum Gasteiger partial charge on any atom is 0.261 e. The Morgan fingerprint density at radius 2 is 1.89 bits per heavy atom. The molecule has 0 saturated heterocycles. The zero-order valence-electron chi connectivity index (χ0n) is 9.54. The topological polar surface area (TPSA) is 43.4 Å². The lowest BCUT2D eigenvalue weighted by molar-refractivity contribution is 0.344. The summed E-state index contributed by atoms with van der Waals surface area (Å²) in [5.74, 6) is 0.522. The van der Waals surface area contributed by atoms with Crippen LogP contribution in [0.25, 0.3) is 0 Å². The van der Waals surface area contributed by atoms with Gasteiger partial charge in [0.15, 0.2) is 0 Å². The molecule has 1 aromatic rings. The van der Waals surface area contributed by atoms with Crippen LogP contribution in [0.5, 0.6) is 5.75 Å². The Morgan fingerprint density at radius 1 is 1.39 bits per heavy atom. The van der Waals surface area contributed by atoms with Crippen molar-refractivity contribution in [3.8, 4) is 5.75 Å². The van der Waals surface area contributed by atoms with Crippen LogP contribution in [0.1, 0.15) is 13.3 Å². The molecule has 0 unspecified atom stereocenters. The molecule has 0 atom stereocenters. The first-order valence-corrected chi connectivity index (χ1v) is 8.88. The molecule has 0 saturated carbocycles. The van der Waals surface area contributed by atoms with Gasteiger partial charge in [-0.1, -0.05) is 13.5 Å². The van der Waals surface area contributed by atoms with Crippen LogP contribution in [0.3, 0.4) is 0 Å². The molecule has 0 spiro atoms. The Kier molecular flexibility index (Phi) is 5.70. The van der Waals surface area contributed by atoms with Gasteiger partial charge in [-0.05, 0) is 56.0 Å². The fourth-order valence-electron chi connectivity index (χ4n) is 1.09. The summed E-state index contributed by atoms with van der Waals surface area (Å²) in [6, 6.07) is 2.80. The molecular weight excluding hydrogens is 407 g/mol. The van der Waals surface area contributed by atoms with Gasteiger partial charge in [0.2, 0.25) is 0 Å². The van der Waals surface area contributed by atoms with E-state index in [1.165, 1.54) is 12.1 Å². The molecule has 0 fully saturated rings. The van der Waals surface area contributed by atoms with E-state index in [-0.39, 0.29) is 4.90 Å². The van der Waals surface area contributed by atoms with Gasteiger partial charge in [-0.15, -0.1) is 0 Å². The fraction of sp³-hybridized carbons (Fsp3) is 0.273. The third kappa shape index (κ3) is 4.26. The lowest BCUT2D eigenvalue weighted by atomic mass is 10.2. The number of hydrogen-bond donors (Lipinski definition) is 0. The van der Waals surface area contributed by atoms with Crippen molar-refractivity contribution in [2.75, 3.05) is 6.61 Å². The highest BCUT2D eigenvalue weighted by Gasteiger charge is 2.16. The van der Waals surface area contributed by atoms with Gasteiger partial charge in [-0.3, -0.25) is 0 Å². The second-order valence-electron chi connectivity index (χ2n) is 3.55. The standard InChI is InChI=1S/C11H11Br2ClO3S/c1-3-7(2)6-17-11-9(12)4-8(5-10(11)13)18(14,15)16/h4-5H,2-3,6H2,1H3. The molecule has 7 heteroatoms. The Balaban J connectivity index is 3.06. The summed E-state index contributed by atoms with van der Waals surface area (Å²) >= 11 is 6.51. The van der Waals surface area contributed by atoms with Crippen molar-refractivity contribution in [2.45, 2.75) is 18.2 Å². The van der Waals surface area contributed by atoms with Crippen molar-refractivity contribution >= 4 is 51.6 Å². The third-order valence-electron chi connectivity index (χ3n) is 2.17. The maximum atomic E-state index is 11.2. The number of hydrogen-bond acceptors (Lipinski definition) is 3. The van der Waals surface area contributed by atoms with E-state index in [1.54, 1.807) is 0 Å². The molecule has 0 aliphatic carbocycles. The number of rotatable bonds is 5. The fourth-order valence-corrected chi connectivity index (χ4v) is 3.59. The van der Waals surface area contributed by atoms with Gasteiger partial charge in [0.1, 0.15) is 12.4 Å². The van der Waals surface area contributed by atoms with Gasteiger partial charge in [0, 0.05) is 10.7 Å². The minimum Gasteiger partial charge on any atom is -0.487 e. The van der Waals surface area contributed by atoms with E-state index in [4.69, 9.17) is 15.4 Å². The van der Waals surface area contributed by atoms with Gasteiger partial charge in [0.05, 0.1) is 13.8 Å². The van der Waals surface area contributed by atoms with Crippen LogP contribution in [0.15, 0.2) is 38.1 Å². The second kappa shape index (κ2) is 6.41. The third-order valence-corrected chi connectivity index (χ3v) is 4.69. The van der Waals surface area contributed by atoms with E-state index in [0.717, 1.165) is 12.0 Å². The van der Waals surface area contributed by atoms with Gasteiger partial charge < -0.3 is 4.74 Å². The van der Waals surface area contributed by atoms with E-state index >= 15 is 0 Å². The van der Waals surface area contributed by atoms with Crippen LogP contribution in [-0.4, -0.2) is 15.0 Å². The zero-order chi connectivity index (χ0) is 13.9. The van der Waals surface area contributed by atoms with Crippen molar-refractivity contribution in [3.05, 3.63) is 33.2 Å². The molecule has 1 rings (SSSR count). The predicted molar refractivity (Wildman–Crippen MR) is 79.8 cm³/mol. The van der Waals surface area contributed by atoms with Crippen LogP contribution in [0.2, 0.25) is 0 Å². The highest BCUT2D eigenvalue weighted by Crippen LogP contribution is 2.37. The second-order valence-corrected chi connectivity index (χ2v) is 7.82. The zero-order valence-corrected chi connectivity index (χ0v) is 14.3. The first kappa shape index (κ1) is 16.0. The van der Waals surface area contributed by atoms with E-state index in [9.17, 15) is 8.42 Å². The highest BCUT2D eigenvalue weighted by molar-refractivity contribution is 9.11. The molecule has 1 aromatic carbocycles. The average Bonchev–Trinajstić information content (AvgIpc) is 2.26. The SMILES string of the molecule is C=C(CC)COc1c(Br)cc(S(=O)(=O)Cl)cc1Br. The minimum atomic E-state index is -3.76. The molecule has 18 heavy (non-hydrogen) atoms. The molecular formula is C11H11Br2ClO3S. The van der Waals surface area contributed by atoms with Crippen molar-refractivity contribution in [2.24, 2.45) is 0 Å². The van der Waals surface area contributed by atoms with Crippen LogP contribution in [-0.2, 0) is 9.05 Å². The maximum absolute atomic E-state index is 11.2. The highest BCUT2D eigenvalue weighted by atomic mass is 79.9. The molecule has 3 nitrogen and oxygen atoms in total. The molecule has 0 aliphatic rings. The molecule has 0 N–H and O–H groups in total. The van der Waals surface area contributed by atoms with E-state index in [1.807, 2.05) is 6.92 Å². The van der Waals surface area contributed by atoms with Crippen molar-refractivity contribution in [1.29, 1.82) is 0 Å². The van der Waals surface area contributed by atoms with E-state index in [2.05, 4.69) is 38.4 Å². The van der Waals surface area contributed by atoms with E-state index in [0.29, 0.717) is 21.3 Å². The Morgan fingerprint density at radius 3 is 2.28 bits per heavy atom. The summed E-state index contributed by atoms with van der Waals surface area (Å²) in [7, 11) is 1.52. The first-order valence-electron chi connectivity index (χ1n) is 4.98. The molecule has 0 aromatic heterocycles. The summed E-state index contributed by atoms with van der Waals surface area (Å²) in [6.07, 6.45) is 0.823. The summed E-state index contributed by atoms with van der Waals surface area (Å²) in [5.41, 5.74) is 0.947. The minimum absolute atomic E-state index is 0.00425. The largest absolute Gasteiger partial charge is 0.487 e. The molecule has 0 bridgehead atoms. The van der Waals surface area contributed by atoms with Crippen molar-refractivity contribution in [1.82, 2.24) is 0 Å². The van der Waals surface area contributed by atoms with Gasteiger partial charge in [0.25, 0.3) is 9.05 Å². The first-order chi connectivity index (χ1) is 8.25. The summed E-state index contributed by atoms with van der Waals surface area (Å²) < 4.78 is 29.0. The Labute approximate surface area is 128 Å². The van der Waals surface area contributed by atoms with Gasteiger partial charge >= 0.3 is 0 Å². The molecule has 100 valence electrons. The van der Waals surface area contributed by atoms with Crippen LogP contribution < -0.4 is 4.74 Å². The number of benzene rings is 1. The molecule has 0 heterocycles. The summed E-state index contributed by atoms with van der Waals surface area (Å²) in [5, 5.41) is 0. The van der Waals surface area contributed by atoms with Crippen molar-refractivity contribution in [3.63, 3.8) is 0 Å². The monoisotopic (exact) mass is 416 g/mol. The van der Waals surface area contributed by atoms with Crippen LogP contribution in [0.4, 0.5) is 0 Å². The van der Waals surface area contributed by atoms with Crippen LogP contribution in [0, 0.1) is 0 Å². The lowest BCUT2D eigenvalue weighted by Crippen LogP contribution is -2.01. The Hall–Kier alpha value is -0.0400. The normalized spacial score (nSPS) is 11.3. The predicted octanol–water partition coefficient (Wildman–Crippen LogP) is 4.48. The number of halogens is 3. The quantitative estimate of drug-likeness (QED) is 0.523. The lowest BCUT2D eigenvalue weighted by Gasteiger charge is -2.12. The smallest absolute Gasteiger partial charge is 0.261 e. The molecule has 0 radical (unpaired) electrons. The van der Waals surface area contributed by atoms with Gasteiger partial charge in [-0.2, -0.15) is 0 Å². The summed E-state index contributed by atoms with van der Waals surface area (Å²) in [6.45, 7) is 6.19. The Bertz CT molecular complexity index is 547.